The maximum absolute atomic E-state index is 12.2. The third-order valence-electron chi connectivity index (χ3n) is 3.22. The van der Waals surface area contributed by atoms with Gasteiger partial charge in [0.05, 0.1) is 5.69 Å². The Labute approximate surface area is 132 Å². The van der Waals surface area contributed by atoms with Crippen molar-refractivity contribution in [2.75, 3.05) is 6.61 Å². The molecule has 0 atom stereocenters. The van der Waals surface area contributed by atoms with Crippen LogP contribution in [0.3, 0.4) is 0 Å². The summed E-state index contributed by atoms with van der Waals surface area (Å²) in [5.74, 6) is 0.528. The summed E-state index contributed by atoms with van der Waals surface area (Å²) in [4.78, 5) is 12.2. The first-order chi connectivity index (χ1) is 11.0. The van der Waals surface area contributed by atoms with Crippen LogP contribution in [-0.2, 0) is 13.0 Å². The van der Waals surface area contributed by atoms with Gasteiger partial charge in [-0.25, -0.2) is 8.78 Å². The molecule has 0 aliphatic rings. The van der Waals surface area contributed by atoms with Crippen molar-refractivity contribution < 1.29 is 22.8 Å². The van der Waals surface area contributed by atoms with Crippen LogP contribution in [0, 0.1) is 6.92 Å². The van der Waals surface area contributed by atoms with Gasteiger partial charge in [-0.15, -0.1) is 0 Å². The van der Waals surface area contributed by atoms with Gasteiger partial charge >= 0.3 is 0 Å². The number of hydrogen-bond donors (Lipinski definition) is 1. The number of aromatic nitrogens is 1. The highest BCUT2D eigenvalue weighted by Gasteiger charge is 2.18. The zero-order valence-electron chi connectivity index (χ0n) is 12.9. The number of aryl methyl sites for hydroxylation is 2. The number of carbonyl (C=O) groups is 1. The fraction of sp³-hybridized carbons (Fsp3) is 0.375. The van der Waals surface area contributed by atoms with Crippen molar-refractivity contribution in [1.82, 2.24) is 10.5 Å². The third-order valence-corrected chi connectivity index (χ3v) is 3.22. The molecular formula is C16H18F2N2O3. The quantitative estimate of drug-likeness (QED) is 0.850. The Morgan fingerprint density at radius 1 is 1.43 bits per heavy atom. The topological polar surface area (TPSA) is 64.4 Å². The fourth-order valence-electron chi connectivity index (χ4n) is 2.13. The maximum atomic E-state index is 12.2. The summed E-state index contributed by atoms with van der Waals surface area (Å²) in [6.45, 7) is 3.16. The van der Waals surface area contributed by atoms with E-state index in [1.54, 1.807) is 31.2 Å². The van der Waals surface area contributed by atoms with Gasteiger partial charge in [-0.1, -0.05) is 24.2 Å². The van der Waals surface area contributed by atoms with Gasteiger partial charge in [0.25, 0.3) is 12.3 Å². The second-order valence-electron chi connectivity index (χ2n) is 4.95. The standard InChI is InChI=1S/C16H18F2N2O3/c1-3-13-15(10(2)23-20-13)16(21)19-8-11-5-4-6-12(7-11)22-9-14(17)18/h4-7,14H,3,8-9H2,1-2H3,(H,19,21). The monoisotopic (exact) mass is 324 g/mol. The lowest BCUT2D eigenvalue weighted by molar-refractivity contribution is 0.0818. The highest BCUT2D eigenvalue weighted by Crippen LogP contribution is 2.16. The number of halogens is 2. The summed E-state index contributed by atoms with van der Waals surface area (Å²) in [6, 6.07) is 6.66. The van der Waals surface area contributed by atoms with Crippen LogP contribution in [0.15, 0.2) is 28.8 Å². The molecule has 1 aromatic heterocycles. The van der Waals surface area contributed by atoms with Gasteiger partial charge in [0.2, 0.25) is 0 Å². The molecule has 0 bridgehead atoms. The number of carbonyl (C=O) groups excluding carboxylic acids is 1. The van der Waals surface area contributed by atoms with Crippen LogP contribution in [0.25, 0.3) is 0 Å². The Morgan fingerprint density at radius 2 is 2.22 bits per heavy atom. The summed E-state index contributed by atoms with van der Waals surface area (Å²) in [6.07, 6.45) is -1.93. The number of alkyl halides is 2. The molecule has 0 aliphatic heterocycles. The molecule has 0 aliphatic carbocycles. The van der Waals surface area contributed by atoms with E-state index in [4.69, 9.17) is 9.26 Å². The number of amides is 1. The predicted octanol–water partition coefficient (Wildman–Crippen LogP) is 3.12. The van der Waals surface area contributed by atoms with Gasteiger partial charge in [-0.2, -0.15) is 0 Å². The first kappa shape index (κ1) is 16.9. The van der Waals surface area contributed by atoms with Gasteiger partial charge in [0.1, 0.15) is 23.7 Å². The molecule has 1 heterocycles. The van der Waals surface area contributed by atoms with Crippen molar-refractivity contribution in [1.29, 1.82) is 0 Å². The van der Waals surface area contributed by atoms with Crippen LogP contribution in [0.2, 0.25) is 0 Å². The van der Waals surface area contributed by atoms with Gasteiger partial charge in [-0.3, -0.25) is 4.79 Å². The average Bonchev–Trinajstić information content (AvgIpc) is 2.92. The Hall–Kier alpha value is -2.44. The highest BCUT2D eigenvalue weighted by atomic mass is 19.3. The molecule has 124 valence electrons. The summed E-state index contributed by atoms with van der Waals surface area (Å²) in [7, 11) is 0. The molecule has 0 saturated carbocycles. The molecule has 1 N–H and O–H groups in total. The van der Waals surface area contributed by atoms with Crippen LogP contribution < -0.4 is 10.1 Å². The van der Waals surface area contributed by atoms with Crippen molar-refractivity contribution in [3.63, 3.8) is 0 Å². The Balaban J connectivity index is 1.99. The molecule has 1 aromatic carbocycles. The zero-order chi connectivity index (χ0) is 16.8. The molecule has 0 unspecified atom stereocenters. The van der Waals surface area contributed by atoms with Crippen molar-refractivity contribution in [3.8, 4) is 5.75 Å². The van der Waals surface area contributed by atoms with Crippen LogP contribution in [0.5, 0.6) is 5.75 Å². The zero-order valence-corrected chi connectivity index (χ0v) is 12.9. The molecule has 23 heavy (non-hydrogen) atoms. The Morgan fingerprint density at radius 3 is 2.91 bits per heavy atom. The molecule has 0 fully saturated rings. The third kappa shape index (κ3) is 4.51. The molecule has 5 nitrogen and oxygen atoms in total. The van der Waals surface area contributed by atoms with Crippen LogP contribution in [0.4, 0.5) is 8.78 Å². The smallest absolute Gasteiger partial charge is 0.272 e. The largest absolute Gasteiger partial charge is 0.488 e. The SMILES string of the molecule is CCc1noc(C)c1C(=O)NCc1cccc(OCC(F)F)c1. The van der Waals surface area contributed by atoms with Crippen molar-refractivity contribution in [3.05, 3.63) is 46.8 Å². The number of nitrogens with one attached hydrogen (secondary N) is 1. The average molecular weight is 324 g/mol. The van der Waals surface area contributed by atoms with Gasteiger partial charge in [-0.05, 0) is 31.0 Å². The van der Waals surface area contributed by atoms with E-state index in [2.05, 4.69) is 10.5 Å². The van der Waals surface area contributed by atoms with Gasteiger partial charge < -0.3 is 14.6 Å². The molecular weight excluding hydrogens is 306 g/mol. The second-order valence-corrected chi connectivity index (χ2v) is 4.95. The fourth-order valence-corrected chi connectivity index (χ4v) is 2.13. The van der Waals surface area contributed by atoms with E-state index in [0.29, 0.717) is 29.2 Å². The van der Waals surface area contributed by atoms with E-state index in [-0.39, 0.29) is 12.5 Å². The normalized spacial score (nSPS) is 10.8. The second kappa shape index (κ2) is 7.71. The Kier molecular flexibility index (Phi) is 5.67. The van der Waals surface area contributed by atoms with Crippen molar-refractivity contribution in [2.24, 2.45) is 0 Å². The van der Waals surface area contributed by atoms with Crippen molar-refractivity contribution in [2.45, 2.75) is 33.2 Å². The van der Waals surface area contributed by atoms with E-state index in [9.17, 15) is 13.6 Å². The van der Waals surface area contributed by atoms with Crippen LogP contribution in [-0.4, -0.2) is 24.1 Å². The van der Waals surface area contributed by atoms with Crippen LogP contribution in [0.1, 0.15) is 34.3 Å². The molecule has 2 rings (SSSR count). The summed E-state index contributed by atoms with van der Waals surface area (Å²) < 4.78 is 34.3. The first-order valence-corrected chi connectivity index (χ1v) is 7.24. The van der Waals surface area contributed by atoms with Crippen molar-refractivity contribution >= 4 is 5.91 Å². The number of hydrogen-bond acceptors (Lipinski definition) is 4. The number of benzene rings is 1. The van der Waals surface area contributed by atoms with E-state index in [1.165, 1.54) is 0 Å². The lowest BCUT2D eigenvalue weighted by Gasteiger charge is -2.09. The van der Waals surface area contributed by atoms with E-state index >= 15 is 0 Å². The summed E-state index contributed by atoms with van der Waals surface area (Å²) in [5, 5.41) is 6.60. The molecule has 0 radical (unpaired) electrons. The lowest BCUT2D eigenvalue weighted by atomic mass is 10.1. The predicted molar refractivity (Wildman–Crippen MR) is 79.7 cm³/mol. The minimum atomic E-state index is -2.53. The number of nitrogens with zero attached hydrogens (tertiary/aromatic N) is 1. The minimum Gasteiger partial charge on any atom is -0.488 e. The molecule has 0 spiro atoms. The molecule has 0 saturated heterocycles. The van der Waals surface area contributed by atoms with E-state index in [1.807, 2.05) is 6.92 Å². The van der Waals surface area contributed by atoms with E-state index in [0.717, 1.165) is 5.56 Å². The molecule has 7 heteroatoms. The minimum absolute atomic E-state index is 0.248. The maximum Gasteiger partial charge on any atom is 0.272 e. The lowest BCUT2D eigenvalue weighted by Crippen LogP contribution is -2.24. The molecule has 2 aromatic rings. The number of ether oxygens (including phenoxy) is 1. The first-order valence-electron chi connectivity index (χ1n) is 7.24. The summed E-state index contributed by atoms with van der Waals surface area (Å²) in [5.41, 5.74) is 1.80. The van der Waals surface area contributed by atoms with Gasteiger partial charge in [0, 0.05) is 6.54 Å². The molecule has 1 amide bonds. The van der Waals surface area contributed by atoms with Gasteiger partial charge in [0.15, 0.2) is 0 Å². The number of rotatable bonds is 7. The van der Waals surface area contributed by atoms with Crippen LogP contribution >= 0.6 is 0 Å². The summed E-state index contributed by atoms with van der Waals surface area (Å²) >= 11 is 0. The Bertz CT molecular complexity index is 671. The highest BCUT2D eigenvalue weighted by molar-refractivity contribution is 5.96. The van der Waals surface area contributed by atoms with E-state index < -0.39 is 13.0 Å².